The summed E-state index contributed by atoms with van der Waals surface area (Å²) in [7, 11) is -0.614. The van der Waals surface area contributed by atoms with Crippen LogP contribution in [0.2, 0.25) is 0 Å². The molecule has 1 aromatic rings. The summed E-state index contributed by atoms with van der Waals surface area (Å²) in [5, 5.41) is 5.90. The molecule has 0 radical (unpaired) electrons. The van der Waals surface area contributed by atoms with E-state index in [2.05, 4.69) is 10.6 Å². The van der Waals surface area contributed by atoms with Crippen LogP contribution in [0.1, 0.15) is 54.0 Å². The van der Waals surface area contributed by atoms with Crippen molar-refractivity contribution < 1.29 is 18.8 Å². The first kappa shape index (κ1) is 24.2. The Morgan fingerprint density at radius 1 is 1.23 bits per heavy atom. The summed E-state index contributed by atoms with van der Waals surface area (Å²) in [6.07, 6.45) is 1.42. The molecule has 1 amide bonds. The van der Waals surface area contributed by atoms with Crippen molar-refractivity contribution >= 4 is 42.3 Å². The smallest absolute Gasteiger partial charge is 0.444 e. The van der Waals surface area contributed by atoms with Gasteiger partial charge in [0.2, 0.25) is 0 Å². The first-order chi connectivity index (χ1) is 13.7. The van der Waals surface area contributed by atoms with Gasteiger partial charge in [-0.15, -0.1) is 0 Å². The second-order valence-corrected chi connectivity index (χ2v) is 9.72. The van der Waals surface area contributed by atoms with Crippen LogP contribution in [0, 0.1) is 0 Å². The van der Waals surface area contributed by atoms with Crippen LogP contribution >= 0.6 is 12.2 Å². The molecule has 164 valence electrons. The number of anilines is 1. The molecule has 30 heavy (non-hydrogen) atoms. The second kappa shape index (κ2) is 8.95. The van der Waals surface area contributed by atoms with Gasteiger partial charge in [-0.3, -0.25) is 0 Å². The minimum atomic E-state index is -0.614. The van der Waals surface area contributed by atoms with E-state index in [-0.39, 0.29) is 11.7 Å². The summed E-state index contributed by atoms with van der Waals surface area (Å²) in [4.78, 5) is 12.2. The van der Waals surface area contributed by atoms with E-state index >= 15 is 0 Å². The number of hydrogen-bond donors (Lipinski definition) is 3. The van der Waals surface area contributed by atoms with Crippen LogP contribution in [-0.4, -0.2) is 41.7 Å². The number of rotatable bonds is 5. The zero-order valence-corrected chi connectivity index (χ0v) is 19.6. The molecule has 1 saturated heterocycles. The molecule has 1 aliphatic rings. The molecule has 1 aromatic carbocycles. The van der Waals surface area contributed by atoms with E-state index in [4.69, 9.17) is 32.0 Å². The highest BCUT2D eigenvalue weighted by atomic mass is 32.1. The summed E-state index contributed by atoms with van der Waals surface area (Å²) in [6.45, 7) is 13.6. The lowest BCUT2D eigenvalue weighted by Crippen LogP contribution is -2.41. The lowest BCUT2D eigenvalue weighted by Gasteiger charge is -2.32. The molecule has 0 aromatic heterocycles. The maximum atomic E-state index is 12.2. The summed E-state index contributed by atoms with van der Waals surface area (Å²) < 4.78 is 17.7. The van der Waals surface area contributed by atoms with Crippen molar-refractivity contribution in [1.29, 1.82) is 0 Å². The van der Waals surface area contributed by atoms with E-state index in [9.17, 15) is 4.79 Å². The number of nitrogens with two attached hydrogens (primary N) is 1. The summed E-state index contributed by atoms with van der Waals surface area (Å²) >= 11 is 4.91. The van der Waals surface area contributed by atoms with Gasteiger partial charge in [-0.25, -0.2) is 4.79 Å². The maximum absolute atomic E-state index is 12.2. The predicted molar refractivity (Wildman–Crippen MR) is 125 cm³/mol. The van der Waals surface area contributed by atoms with Gasteiger partial charge in [0, 0.05) is 12.2 Å². The zero-order valence-electron chi connectivity index (χ0n) is 18.8. The fourth-order valence-electron chi connectivity index (χ4n) is 2.75. The van der Waals surface area contributed by atoms with Crippen LogP contribution in [0.25, 0.3) is 6.08 Å². The minimum absolute atomic E-state index is 0.189. The van der Waals surface area contributed by atoms with Crippen molar-refractivity contribution in [1.82, 2.24) is 5.32 Å². The third-order valence-corrected chi connectivity index (χ3v) is 5.00. The predicted octanol–water partition coefficient (Wildman–Crippen LogP) is 3.88. The Hall–Kier alpha value is -2.10. The first-order valence-electron chi connectivity index (χ1n) is 9.88. The van der Waals surface area contributed by atoms with Crippen molar-refractivity contribution in [3.05, 3.63) is 35.3 Å². The van der Waals surface area contributed by atoms with E-state index in [0.717, 1.165) is 16.7 Å². The largest absolute Gasteiger partial charge is 0.492 e. The van der Waals surface area contributed by atoms with E-state index in [1.807, 2.05) is 78.8 Å². The van der Waals surface area contributed by atoms with Gasteiger partial charge in [-0.05, 0) is 83.9 Å². The number of carbonyl (C=O) groups is 1. The van der Waals surface area contributed by atoms with Crippen molar-refractivity contribution in [2.45, 2.75) is 65.3 Å². The quantitative estimate of drug-likeness (QED) is 0.479. The van der Waals surface area contributed by atoms with Gasteiger partial charge in [-0.2, -0.15) is 0 Å². The Bertz CT molecular complexity index is 818. The molecule has 1 heterocycles. The fourth-order valence-corrected chi connectivity index (χ4v) is 2.87. The van der Waals surface area contributed by atoms with Crippen molar-refractivity contribution in [2.75, 3.05) is 11.9 Å². The topological polar surface area (TPSA) is 94.8 Å². The molecule has 0 bridgehead atoms. The molecule has 2 rings (SSSR count). The van der Waals surface area contributed by atoms with Gasteiger partial charge >= 0.3 is 13.2 Å². The van der Waals surface area contributed by atoms with E-state index < -0.39 is 30.0 Å². The van der Waals surface area contributed by atoms with Gasteiger partial charge in [0.15, 0.2) is 5.11 Å². The number of thiocarbonyl (C=S) groups is 1. The van der Waals surface area contributed by atoms with Crippen LogP contribution in [0.3, 0.4) is 0 Å². The number of hydrogen-bond acceptors (Lipinski definition) is 5. The number of alkyl carbamates (subject to hydrolysis) is 1. The summed E-state index contributed by atoms with van der Waals surface area (Å²) in [5.74, 6) is 0. The molecular formula is C21H32BN3O4S. The summed E-state index contributed by atoms with van der Waals surface area (Å²) in [5.41, 5.74) is 6.39. The Labute approximate surface area is 184 Å². The molecule has 9 heteroatoms. The van der Waals surface area contributed by atoms with E-state index in [0.29, 0.717) is 0 Å². The van der Waals surface area contributed by atoms with E-state index in [1.165, 1.54) is 0 Å². The van der Waals surface area contributed by atoms with Gasteiger partial charge in [0.25, 0.3) is 0 Å². The Kier molecular flexibility index (Phi) is 7.22. The normalized spacial score (nSPS) is 18.1. The van der Waals surface area contributed by atoms with E-state index in [1.54, 1.807) is 0 Å². The molecule has 0 saturated carbocycles. The highest BCUT2D eigenvalue weighted by Gasteiger charge is 2.52. The molecule has 4 N–H and O–H groups in total. The Morgan fingerprint density at radius 3 is 2.37 bits per heavy atom. The number of amides is 1. The molecular weight excluding hydrogens is 401 g/mol. The molecule has 0 spiro atoms. The minimum Gasteiger partial charge on any atom is -0.444 e. The third-order valence-electron chi connectivity index (χ3n) is 4.90. The molecule has 0 aliphatic carbocycles. The van der Waals surface area contributed by atoms with Gasteiger partial charge < -0.3 is 30.4 Å². The molecule has 1 fully saturated rings. The number of carbonyl (C=O) groups excluding carboxylic acids is 1. The maximum Gasteiger partial charge on any atom is 0.492 e. The van der Waals surface area contributed by atoms with Crippen molar-refractivity contribution in [2.24, 2.45) is 5.73 Å². The molecule has 0 unspecified atom stereocenters. The standard InChI is InChI=1S/C21H32BN3O4S/c1-19(2,3)27-18(26)24-13-15(22-28-20(4,5)21(6,7)29-22)11-14-9-8-10-16(12-14)25-17(23)30/h8-12H,13H2,1-7H3,(H,24,26)(H3,23,25,30). The van der Waals surface area contributed by atoms with Gasteiger partial charge in [0.1, 0.15) is 5.60 Å². The van der Waals surface area contributed by atoms with Crippen LogP contribution in [0.15, 0.2) is 29.7 Å². The van der Waals surface area contributed by atoms with Gasteiger partial charge in [-0.1, -0.05) is 18.2 Å². The van der Waals surface area contributed by atoms with Crippen LogP contribution in [0.4, 0.5) is 10.5 Å². The third kappa shape index (κ3) is 6.72. The monoisotopic (exact) mass is 433 g/mol. The molecule has 7 nitrogen and oxygen atoms in total. The molecule has 0 atom stereocenters. The first-order valence-corrected chi connectivity index (χ1v) is 10.3. The summed E-state index contributed by atoms with van der Waals surface area (Å²) in [6, 6.07) is 7.58. The van der Waals surface area contributed by atoms with Crippen molar-refractivity contribution in [3.8, 4) is 0 Å². The lowest BCUT2D eigenvalue weighted by atomic mass is 9.77. The Morgan fingerprint density at radius 2 is 1.83 bits per heavy atom. The van der Waals surface area contributed by atoms with Gasteiger partial charge in [0.05, 0.1) is 11.2 Å². The zero-order chi connectivity index (χ0) is 22.7. The van der Waals surface area contributed by atoms with Crippen LogP contribution < -0.4 is 16.4 Å². The lowest BCUT2D eigenvalue weighted by molar-refractivity contribution is 0.00578. The fraction of sp³-hybridized carbons (Fsp3) is 0.524. The highest BCUT2D eigenvalue weighted by molar-refractivity contribution is 7.80. The number of ether oxygens (including phenoxy) is 1. The van der Waals surface area contributed by atoms with Crippen LogP contribution in [0.5, 0.6) is 0 Å². The average Bonchev–Trinajstić information content (AvgIpc) is 2.77. The molecule has 1 aliphatic heterocycles. The SMILES string of the molecule is CC(C)(C)OC(=O)NCC(=Cc1cccc(NC(N)=S)c1)B1OC(C)(C)C(C)(C)O1. The Balaban J connectivity index is 2.29. The van der Waals surface area contributed by atoms with Crippen LogP contribution in [-0.2, 0) is 14.0 Å². The van der Waals surface area contributed by atoms with Crippen molar-refractivity contribution in [3.63, 3.8) is 0 Å². The number of benzene rings is 1. The number of nitrogens with one attached hydrogen (secondary N) is 2. The second-order valence-electron chi connectivity index (χ2n) is 9.28. The highest BCUT2D eigenvalue weighted by Crippen LogP contribution is 2.38. The average molecular weight is 433 g/mol.